The molecule has 0 spiro atoms. The van der Waals surface area contributed by atoms with Crippen molar-refractivity contribution in [3.63, 3.8) is 0 Å². The third kappa shape index (κ3) is 2.54. The highest BCUT2D eigenvalue weighted by molar-refractivity contribution is 5.99. The van der Waals surface area contributed by atoms with E-state index in [2.05, 4.69) is 16.9 Å². The summed E-state index contributed by atoms with van der Waals surface area (Å²) in [5.74, 6) is -0.656. The Morgan fingerprint density at radius 1 is 1.29 bits per heavy atom. The maximum Gasteiger partial charge on any atom is 0.316 e. The minimum absolute atomic E-state index is 0.0176. The zero-order chi connectivity index (χ0) is 12.3. The van der Waals surface area contributed by atoms with Crippen LogP contribution < -0.4 is 0 Å². The largest absolute Gasteiger partial charge is 0.468 e. The summed E-state index contributed by atoms with van der Waals surface area (Å²) >= 11 is 0. The van der Waals surface area contributed by atoms with Gasteiger partial charge in [-0.3, -0.25) is 9.59 Å². The van der Waals surface area contributed by atoms with Gasteiger partial charge in [0.2, 0.25) is 0 Å². The molecular weight excluding hydrogens is 216 g/mol. The number of ketones is 1. The molecule has 0 saturated heterocycles. The number of rotatable bonds is 2. The van der Waals surface area contributed by atoms with E-state index in [1.807, 2.05) is 18.2 Å². The highest BCUT2D eigenvalue weighted by atomic mass is 16.5. The van der Waals surface area contributed by atoms with Crippen molar-refractivity contribution < 1.29 is 14.3 Å². The lowest BCUT2D eigenvalue weighted by Gasteiger charge is -2.26. The molecule has 3 nitrogen and oxygen atoms in total. The summed E-state index contributed by atoms with van der Waals surface area (Å²) in [5.41, 5.74) is 1.20. The van der Waals surface area contributed by atoms with Crippen molar-refractivity contribution in [2.75, 3.05) is 7.11 Å². The Labute approximate surface area is 101 Å². The maximum absolute atomic E-state index is 11.7. The van der Waals surface area contributed by atoms with Gasteiger partial charge in [-0.15, -0.1) is 0 Å². The molecule has 1 fully saturated rings. The molecule has 0 amide bonds. The molecular formula is C14H16O3. The van der Waals surface area contributed by atoms with E-state index in [0.29, 0.717) is 12.8 Å². The van der Waals surface area contributed by atoms with Crippen LogP contribution in [0.4, 0.5) is 0 Å². The second-order valence-corrected chi connectivity index (χ2v) is 4.42. The quantitative estimate of drug-likeness (QED) is 0.580. The highest BCUT2D eigenvalue weighted by Gasteiger charge is 2.34. The monoisotopic (exact) mass is 232 g/mol. The molecule has 1 aliphatic carbocycles. The van der Waals surface area contributed by atoms with Gasteiger partial charge in [-0.1, -0.05) is 30.3 Å². The normalized spacial score (nSPS) is 24.4. The van der Waals surface area contributed by atoms with Gasteiger partial charge >= 0.3 is 5.97 Å². The van der Waals surface area contributed by atoms with E-state index < -0.39 is 11.9 Å². The van der Waals surface area contributed by atoms with E-state index in [0.717, 1.165) is 6.42 Å². The molecule has 3 heteroatoms. The third-order valence-corrected chi connectivity index (χ3v) is 3.40. The van der Waals surface area contributed by atoms with Crippen LogP contribution in [0.1, 0.15) is 30.7 Å². The molecule has 90 valence electrons. The Morgan fingerprint density at radius 3 is 2.65 bits per heavy atom. The fourth-order valence-corrected chi connectivity index (χ4v) is 2.42. The molecule has 0 radical (unpaired) electrons. The van der Waals surface area contributed by atoms with E-state index in [4.69, 9.17) is 0 Å². The summed E-state index contributed by atoms with van der Waals surface area (Å²) < 4.78 is 4.68. The van der Waals surface area contributed by atoms with Gasteiger partial charge in [0.05, 0.1) is 7.11 Å². The van der Waals surface area contributed by atoms with Gasteiger partial charge in [-0.2, -0.15) is 0 Å². The molecule has 0 N–H and O–H groups in total. The van der Waals surface area contributed by atoms with Crippen molar-refractivity contribution >= 4 is 11.8 Å². The first-order valence-electron chi connectivity index (χ1n) is 5.88. The first-order chi connectivity index (χ1) is 8.22. The lowest BCUT2D eigenvalue weighted by molar-refractivity contribution is -0.150. The lowest BCUT2D eigenvalue weighted by atomic mass is 9.77. The fraction of sp³-hybridized carbons (Fsp3) is 0.429. The third-order valence-electron chi connectivity index (χ3n) is 3.40. The van der Waals surface area contributed by atoms with Crippen molar-refractivity contribution in [1.29, 1.82) is 0 Å². The topological polar surface area (TPSA) is 43.4 Å². The lowest BCUT2D eigenvalue weighted by Crippen LogP contribution is -2.31. The zero-order valence-electron chi connectivity index (χ0n) is 9.89. The predicted molar refractivity (Wildman–Crippen MR) is 63.5 cm³/mol. The maximum atomic E-state index is 11.7. The highest BCUT2D eigenvalue weighted by Crippen LogP contribution is 2.34. The van der Waals surface area contributed by atoms with E-state index in [1.165, 1.54) is 12.7 Å². The van der Waals surface area contributed by atoms with Crippen LogP contribution in [0.3, 0.4) is 0 Å². The van der Waals surface area contributed by atoms with Gasteiger partial charge in [0.15, 0.2) is 0 Å². The Balaban J connectivity index is 2.13. The fourth-order valence-electron chi connectivity index (χ4n) is 2.42. The molecule has 0 aromatic heterocycles. The number of Topliss-reactive ketones (excluding diaryl/α,β-unsaturated/α-hetero) is 1. The number of carbonyl (C=O) groups excluding carboxylic acids is 2. The Hall–Kier alpha value is -1.64. The number of methoxy groups -OCH3 is 1. The minimum atomic E-state index is -0.570. The summed E-state index contributed by atoms with van der Waals surface area (Å²) in [6.45, 7) is 0. The summed E-state index contributed by atoms with van der Waals surface area (Å²) in [7, 11) is 1.34. The molecule has 2 rings (SSSR count). The Kier molecular flexibility index (Phi) is 3.57. The second-order valence-electron chi connectivity index (χ2n) is 4.42. The Morgan fingerprint density at radius 2 is 2.00 bits per heavy atom. The summed E-state index contributed by atoms with van der Waals surface area (Å²) in [4.78, 5) is 23.2. The van der Waals surface area contributed by atoms with Crippen LogP contribution in [0.25, 0.3) is 0 Å². The summed E-state index contributed by atoms with van der Waals surface area (Å²) in [6, 6.07) is 10.0. The van der Waals surface area contributed by atoms with E-state index in [1.54, 1.807) is 0 Å². The number of esters is 1. The van der Waals surface area contributed by atoms with Crippen LogP contribution in [0.2, 0.25) is 0 Å². The van der Waals surface area contributed by atoms with Crippen molar-refractivity contribution in [3.8, 4) is 0 Å². The molecule has 2 atom stereocenters. The minimum Gasteiger partial charge on any atom is -0.468 e. The van der Waals surface area contributed by atoms with Gasteiger partial charge in [-0.05, 0) is 24.3 Å². The summed E-state index contributed by atoms with van der Waals surface area (Å²) in [5, 5.41) is 0. The number of benzene rings is 1. The van der Waals surface area contributed by atoms with Gasteiger partial charge in [0, 0.05) is 6.42 Å². The van der Waals surface area contributed by atoms with Crippen LogP contribution in [0, 0.1) is 5.92 Å². The first-order valence-corrected chi connectivity index (χ1v) is 5.88. The molecule has 1 aromatic carbocycles. The SMILES string of the molecule is COC(=O)C1CC(c2ccccc2)CCC1=O. The van der Waals surface area contributed by atoms with Gasteiger partial charge in [-0.25, -0.2) is 0 Å². The number of hydrogen-bond donors (Lipinski definition) is 0. The Bertz CT molecular complexity index is 403. The van der Waals surface area contributed by atoms with Crippen LogP contribution in [-0.4, -0.2) is 18.9 Å². The van der Waals surface area contributed by atoms with E-state index in [-0.39, 0.29) is 11.7 Å². The molecule has 0 heterocycles. The smallest absolute Gasteiger partial charge is 0.316 e. The van der Waals surface area contributed by atoms with Gasteiger partial charge in [0.1, 0.15) is 11.7 Å². The number of carbonyl (C=O) groups is 2. The molecule has 1 aromatic rings. The predicted octanol–water partition coefficient (Wildman–Crippen LogP) is 2.31. The molecule has 0 bridgehead atoms. The van der Waals surface area contributed by atoms with E-state index >= 15 is 0 Å². The first kappa shape index (κ1) is 11.8. The van der Waals surface area contributed by atoms with Crippen molar-refractivity contribution in [1.82, 2.24) is 0 Å². The number of hydrogen-bond acceptors (Lipinski definition) is 3. The van der Waals surface area contributed by atoms with Gasteiger partial charge < -0.3 is 4.74 Å². The molecule has 17 heavy (non-hydrogen) atoms. The average molecular weight is 232 g/mol. The average Bonchev–Trinajstić information content (AvgIpc) is 2.39. The second kappa shape index (κ2) is 5.13. The molecule has 1 aliphatic rings. The molecule has 1 saturated carbocycles. The van der Waals surface area contributed by atoms with Crippen LogP contribution >= 0.6 is 0 Å². The molecule has 2 unspecified atom stereocenters. The van der Waals surface area contributed by atoms with Crippen molar-refractivity contribution in [2.45, 2.75) is 25.2 Å². The van der Waals surface area contributed by atoms with Crippen molar-refractivity contribution in [2.24, 2.45) is 5.92 Å². The summed E-state index contributed by atoms with van der Waals surface area (Å²) in [6.07, 6.45) is 1.88. The number of ether oxygens (including phenoxy) is 1. The van der Waals surface area contributed by atoms with Crippen LogP contribution in [0.5, 0.6) is 0 Å². The van der Waals surface area contributed by atoms with Gasteiger partial charge in [0.25, 0.3) is 0 Å². The standard InChI is InChI=1S/C14H16O3/c1-17-14(16)12-9-11(7-8-13(12)15)10-5-3-2-4-6-10/h2-6,11-12H,7-9H2,1H3. The van der Waals surface area contributed by atoms with Crippen LogP contribution in [0.15, 0.2) is 30.3 Å². The van der Waals surface area contributed by atoms with Crippen molar-refractivity contribution in [3.05, 3.63) is 35.9 Å². The van der Waals surface area contributed by atoms with E-state index in [9.17, 15) is 9.59 Å². The molecule has 0 aliphatic heterocycles. The van der Waals surface area contributed by atoms with Crippen LogP contribution in [-0.2, 0) is 14.3 Å². The zero-order valence-corrected chi connectivity index (χ0v) is 9.89.